The monoisotopic (exact) mass is 357 g/mol. The van der Waals surface area contributed by atoms with Crippen LogP contribution in [0.15, 0.2) is 42.5 Å². The standard InChI is InChI=1S/C21H24ClNO2/c1-14-10-18(13-19(22)11-14)17-7-5-16(6-8-17)12-15(2)23-21(24)20-4-3-9-25-20/h5-8,10-11,13,15,20H,3-4,9,12H2,1-2H3,(H,23,24). The van der Waals surface area contributed by atoms with Gasteiger partial charge in [-0.3, -0.25) is 4.79 Å². The van der Waals surface area contributed by atoms with Crippen LogP contribution in [0.25, 0.3) is 11.1 Å². The second kappa shape index (κ2) is 8.03. The van der Waals surface area contributed by atoms with Gasteiger partial charge >= 0.3 is 0 Å². The molecule has 1 heterocycles. The van der Waals surface area contributed by atoms with Crippen molar-refractivity contribution < 1.29 is 9.53 Å². The zero-order valence-corrected chi connectivity index (χ0v) is 15.5. The summed E-state index contributed by atoms with van der Waals surface area (Å²) in [7, 11) is 0. The van der Waals surface area contributed by atoms with Crippen LogP contribution in [0, 0.1) is 6.92 Å². The highest BCUT2D eigenvalue weighted by Gasteiger charge is 2.24. The van der Waals surface area contributed by atoms with Crippen molar-refractivity contribution in [1.82, 2.24) is 5.32 Å². The number of hydrogen-bond acceptors (Lipinski definition) is 2. The zero-order valence-electron chi connectivity index (χ0n) is 14.7. The topological polar surface area (TPSA) is 38.3 Å². The van der Waals surface area contributed by atoms with Crippen LogP contribution in [0.2, 0.25) is 5.02 Å². The predicted molar refractivity (Wildman–Crippen MR) is 102 cm³/mol. The Morgan fingerprint density at radius 3 is 2.64 bits per heavy atom. The van der Waals surface area contributed by atoms with E-state index >= 15 is 0 Å². The Morgan fingerprint density at radius 2 is 2.00 bits per heavy atom. The van der Waals surface area contributed by atoms with Crippen LogP contribution in [0.5, 0.6) is 0 Å². The molecule has 0 radical (unpaired) electrons. The van der Waals surface area contributed by atoms with Gasteiger partial charge in [-0.25, -0.2) is 0 Å². The Morgan fingerprint density at radius 1 is 1.24 bits per heavy atom. The molecule has 0 saturated carbocycles. The molecule has 2 aromatic carbocycles. The third kappa shape index (κ3) is 4.83. The van der Waals surface area contributed by atoms with Crippen LogP contribution in [-0.2, 0) is 16.0 Å². The highest BCUT2D eigenvalue weighted by molar-refractivity contribution is 6.30. The minimum absolute atomic E-state index is 0.0102. The Hall–Kier alpha value is -1.84. The molecule has 1 aliphatic heterocycles. The molecule has 1 saturated heterocycles. The number of amides is 1. The van der Waals surface area contributed by atoms with Gasteiger partial charge in [0.2, 0.25) is 5.91 Å². The second-order valence-corrected chi connectivity index (χ2v) is 7.27. The molecule has 0 aliphatic carbocycles. The minimum Gasteiger partial charge on any atom is -0.368 e. The lowest BCUT2D eigenvalue weighted by Crippen LogP contribution is -2.40. The van der Waals surface area contributed by atoms with Crippen molar-refractivity contribution in [2.45, 2.75) is 45.3 Å². The van der Waals surface area contributed by atoms with Crippen molar-refractivity contribution in [1.29, 1.82) is 0 Å². The number of benzene rings is 2. The SMILES string of the molecule is Cc1cc(Cl)cc(-c2ccc(CC(C)NC(=O)C3CCCO3)cc2)c1. The first-order valence-corrected chi connectivity index (χ1v) is 9.17. The number of aryl methyl sites for hydroxylation is 1. The van der Waals surface area contributed by atoms with Crippen molar-refractivity contribution in [3.8, 4) is 11.1 Å². The first-order chi connectivity index (χ1) is 12.0. The molecule has 25 heavy (non-hydrogen) atoms. The van der Waals surface area contributed by atoms with Crippen molar-refractivity contribution >= 4 is 17.5 Å². The van der Waals surface area contributed by atoms with Crippen LogP contribution >= 0.6 is 11.6 Å². The molecule has 2 atom stereocenters. The average molecular weight is 358 g/mol. The van der Waals surface area contributed by atoms with Crippen molar-refractivity contribution in [2.75, 3.05) is 6.61 Å². The van der Waals surface area contributed by atoms with E-state index in [0.717, 1.165) is 41.0 Å². The van der Waals surface area contributed by atoms with Gasteiger partial charge in [-0.05, 0) is 67.5 Å². The van der Waals surface area contributed by atoms with E-state index < -0.39 is 0 Å². The molecular weight excluding hydrogens is 334 g/mol. The number of halogens is 1. The minimum atomic E-state index is -0.268. The Balaban J connectivity index is 1.61. The molecule has 1 aliphatic rings. The molecule has 4 heteroatoms. The Kier molecular flexibility index (Phi) is 5.77. The van der Waals surface area contributed by atoms with E-state index in [2.05, 4.69) is 35.6 Å². The normalized spacial score (nSPS) is 18.1. The summed E-state index contributed by atoms with van der Waals surface area (Å²) in [5.74, 6) is 0.0102. The summed E-state index contributed by atoms with van der Waals surface area (Å²) in [5.41, 5.74) is 4.61. The summed E-state index contributed by atoms with van der Waals surface area (Å²) in [4.78, 5) is 12.1. The van der Waals surface area contributed by atoms with Gasteiger partial charge in [-0.15, -0.1) is 0 Å². The predicted octanol–water partition coefficient (Wildman–Crippen LogP) is 4.54. The molecule has 0 spiro atoms. The molecule has 0 bridgehead atoms. The Bertz CT molecular complexity index is 716. The summed E-state index contributed by atoms with van der Waals surface area (Å²) in [5, 5.41) is 3.80. The number of carbonyl (C=O) groups excluding carboxylic acids is 1. The van der Waals surface area contributed by atoms with Gasteiger partial charge in [-0.2, -0.15) is 0 Å². The van der Waals surface area contributed by atoms with Crippen LogP contribution in [0.4, 0.5) is 0 Å². The zero-order chi connectivity index (χ0) is 17.8. The van der Waals surface area contributed by atoms with Gasteiger partial charge < -0.3 is 10.1 Å². The molecule has 0 aromatic heterocycles. The first kappa shape index (κ1) is 18.0. The van der Waals surface area contributed by atoms with Gasteiger partial charge in [0.05, 0.1) is 0 Å². The maximum absolute atomic E-state index is 12.1. The highest BCUT2D eigenvalue weighted by atomic mass is 35.5. The maximum atomic E-state index is 12.1. The number of carbonyl (C=O) groups is 1. The van der Waals surface area contributed by atoms with Crippen LogP contribution < -0.4 is 5.32 Å². The molecular formula is C21H24ClNO2. The summed E-state index contributed by atoms with van der Waals surface area (Å²) >= 11 is 6.15. The van der Waals surface area contributed by atoms with Crippen LogP contribution in [0.3, 0.4) is 0 Å². The van der Waals surface area contributed by atoms with Crippen LogP contribution in [-0.4, -0.2) is 24.7 Å². The number of rotatable bonds is 5. The van der Waals surface area contributed by atoms with E-state index in [-0.39, 0.29) is 18.1 Å². The first-order valence-electron chi connectivity index (χ1n) is 8.80. The largest absolute Gasteiger partial charge is 0.368 e. The molecule has 2 aromatic rings. The summed E-state index contributed by atoms with van der Waals surface area (Å²) < 4.78 is 5.43. The van der Waals surface area contributed by atoms with E-state index in [0.29, 0.717) is 6.61 Å². The van der Waals surface area contributed by atoms with E-state index in [1.165, 1.54) is 5.56 Å². The van der Waals surface area contributed by atoms with E-state index in [1.54, 1.807) is 0 Å². The lowest BCUT2D eigenvalue weighted by atomic mass is 10.00. The van der Waals surface area contributed by atoms with Gasteiger partial charge in [-0.1, -0.05) is 41.9 Å². The molecule has 2 unspecified atom stereocenters. The smallest absolute Gasteiger partial charge is 0.249 e. The number of ether oxygens (including phenoxy) is 1. The quantitative estimate of drug-likeness (QED) is 0.853. The fraction of sp³-hybridized carbons (Fsp3) is 0.381. The fourth-order valence-corrected chi connectivity index (χ4v) is 3.55. The van der Waals surface area contributed by atoms with Gasteiger partial charge in [0.1, 0.15) is 6.10 Å². The highest BCUT2D eigenvalue weighted by Crippen LogP contribution is 2.25. The third-order valence-corrected chi connectivity index (χ3v) is 4.70. The summed E-state index contributed by atoms with van der Waals surface area (Å²) in [6, 6.07) is 14.6. The maximum Gasteiger partial charge on any atom is 0.249 e. The van der Waals surface area contributed by atoms with E-state index in [9.17, 15) is 4.79 Å². The van der Waals surface area contributed by atoms with Gasteiger partial charge in [0.15, 0.2) is 0 Å². The third-order valence-electron chi connectivity index (χ3n) is 4.48. The average Bonchev–Trinajstić information content (AvgIpc) is 3.09. The van der Waals surface area contributed by atoms with Gasteiger partial charge in [0, 0.05) is 17.7 Å². The molecule has 3 rings (SSSR count). The lowest BCUT2D eigenvalue weighted by molar-refractivity contribution is -0.130. The van der Waals surface area contributed by atoms with Crippen molar-refractivity contribution in [2.24, 2.45) is 0 Å². The van der Waals surface area contributed by atoms with Crippen molar-refractivity contribution in [3.63, 3.8) is 0 Å². The molecule has 1 N–H and O–H groups in total. The number of nitrogens with one attached hydrogen (secondary N) is 1. The van der Waals surface area contributed by atoms with Crippen molar-refractivity contribution in [3.05, 3.63) is 58.6 Å². The summed E-state index contributed by atoms with van der Waals surface area (Å²) in [6.07, 6.45) is 2.33. The second-order valence-electron chi connectivity index (χ2n) is 6.83. The number of hydrogen-bond donors (Lipinski definition) is 1. The van der Waals surface area contributed by atoms with E-state index in [1.807, 2.05) is 26.0 Å². The fourth-order valence-electron chi connectivity index (χ4n) is 3.26. The van der Waals surface area contributed by atoms with Crippen LogP contribution in [0.1, 0.15) is 30.9 Å². The summed E-state index contributed by atoms with van der Waals surface area (Å²) in [6.45, 7) is 4.76. The molecule has 3 nitrogen and oxygen atoms in total. The molecule has 132 valence electrons. The van der Waals surface area contributed by atoms with Gasteiger partial charge in [0.25, 0.3) is 0 Å². The van der Waals surface area contributed by atoms with E-state index in [4.69, 9.17) is 16.3 Å². The molecule has 1 fully saturated rings. The Labute approximate surface area is 154 Å². The lowest BCUT2D eigenvalue weighted by Gasteiger charge is -2.17. The molecule has 1 amide bonds.